The van der Waals surface area contributed by atoms with Crippen LogP contribution in [0.3, 0.4) is 0 Å². The van der Waals surface area contributed by atoms with Crippen LogP contribution in [0.4, 0.5) is 0 Å². The molecule has 2 N–H and O–H groups in total. The molecule has 1 aromatic heterocycles. The lowest BCUT2D eigenvalue weighted by Crippen LogP contribution is -2.22. The zero-order valence-corrected chi connectivity index (χ0v) is 7.54. The molecule has 0 spiro atoms. The molecule has 0 amide bonds. The van der Waals surface area contributed by atoms with E-state index in [1.807, 2.05) is 12.3 Å². The number of nitrogens with two attached hydrogens (primary N) is 1. The Morgan fingerprint density at radius 3 is 2.83 bits per heavy atom. The number of aryl methyl sites for hydroxylation is 1. The van der Waals surface area contributed by atoms with Crippen molar-refractivity contribution in [2.24, 2.45) is 11.7 Å². The summed E-state index contributed by atoms with van der Waals surface area (Å²) < 4.78 is 0. The van der Waals surface area contributed by atoms with Crippen molar-refractivity contribution in [3.05, 3.63) is 29.6 Å². The first-order valence-corrected chi connectivity index (χ1v) is 4.35. The molecule has 2 unspecified atom stereocenters. The van der Waals surface area contributed by atoms with Crippen LogP contribution in [0.15, 0.2) is 18.3 Å². The number of pyridine rings is 1. The molecule has 64 valence electrons. The van der Waals surface area contributed by atoms with Crippen molar-refractivity contribution >= 4 is 0 Å². The second kappa shape index (κ2) is 2.30. The fourth-order valence-corrected chi connectivity index (χ4v) is 1.60. The Bertz CT molecular complexity index is 308. The third-order valence-corrected chi connectivity index (χ3v) is 2.76. The van der Waals surface area contributed by atoms with Crippen LogP contribution in [0.5, 0.6) is 0 Å². The van der Waals surface area contributed by atoms with Gasteiger partial charge in [-0.15, -0.1) is 0 Å². The molecular weight excluding hydrogens is 148 g/mol. The van der Waals surface area contributed by atoms with E-state index in [1.165, 1.54) is 5.56 Å². The van der Waals surface area contributed by atoms with E-state index in [4.69, 9.17) is 5.73 Å². The molecule has 2 atom stereocenters. The van der Waals surface area contributed by atoms with E-state index < -0.39 is 0 Å². The maximum Gasteiger partial charge on any atom is 0.0613 e. The van der Waals surface area contributed by atoms with Crippen molar-refractivity contribution in [1.82, 2.24) is 4.98 Å². The van der Waals surface area contributed by atoms with Gasteiger partial charge in [0.1, 0.15) is 0 Å². The minimum absolute atomic E-state index is 0.119. The number of rotatable bonds is 1. The Balaban J connectivity index is 2.36. The first kappa shape index (κ1) is 7.74. The highest BCUT2D eigenvalue weighted by Crippen LogP contribution is 2.48. The normalized spacial score (nSPS) is 33.4. The van der Waals surface area contributed by atoms with Gasteiger partial charge in [-0.05, 0) is 37.0 Å². The van der Waals surface area contributed by atoms with Gasteiger partial charge in [-0.3, -0.25) is 4.98 Å². The van der Waals surface area contributed by atoms with Crippen LogP contribution in [-0.2, 0) is 5.54 Å². The SMILES string of the molecule is Cc1ccnc(C2(N)CC2C)c1. The summed E-state index contributed by atoms with van der Waals surface area (Å²) in [6.45, 7) is 4.24. The van der Waals surface area contributed by atoms with Crippen LogP contribution in [0.2, 0.25) is 0 Å². The summed E-state index contributed by atoms with van der Waals surface area (Å²) in [5, 5.41) is 0. The highest BCUT2D eigenvalue weighted by molar-refractivity contribution is 5.27. The second-order valence-electron chi connectivity index (χ2n) is 3.86. The van der Waals surface area contributed by atoms with Crippen molar-refractivity contribution < 1.29 is 0 Å². The second-order valence-corrected chi connectivity index (χ2v) is 3.86. The number of hydrogen-bond donors (Lipinski definition) is 1. The largest absolute Gasteiger partial charge is 0.320 e. The maximum atomic E-state index is 6.12. The third kappa shape index (κ3) is 1.03. The molecule has 1 aliphatic carbocycles. The van der Waals surface area contributed by atoms with Crippen LogP contribution in [0.1, 0.15) is 24.6 Å². The Kier molecular flexibility index (Phi) is 1.48. The van der Waals surface area contributed by atoms with Crippen LogP contribution in [-0.4, -0.2) is 4.98 Å². The van der Waals surface area contributed by atoms with Gasteiger partial charge in [0.15, 0.2) is 0 Å². The Morgan fingerprint density at radius 2 is 2.33 bits per heavy atom. The molecule has 1 aliphatic rings. The predicted molar refractivity (Wildman–Crippen MR) is 48.6 cm³/mol. The van der Waals surface area contributed by atoms with Gasteiger partial charge in [0.05, 0.1) is 11.2 Å². The molecule has 0 bridgehead atoms. The monoisotopic (exact) mass is 162 g/mol. The van der Waals surface area contributed by atoms with Crippen LogP contribution < -0.4 is 5.73 Å². The van der Waals surface area contributed by atoms with E-state index in [0.717, 1.165) is 12.1 Å². The highest BCUT2D eigenvalue weighted by Gasteiger charge is 2.50. The van der Waals surface area contributed by atoms with Crippen LogP contribution >= 0.6 is 0 Å². The highest BCUT2D eigenvalue weighted by atomic mass is 14.9. The lowest BCUT2D eigenvalue weighted by Gasteiger charge is -2.09. The molecule has 1 fully saturated rings. The molecule has 1 saturated carbocycles. The Labute approximate surface area is 72.8 Å². The lowest BCUT2D eigenvalue weighted by molar-refractivity contribution is 0.640. The van der Waals surface area contributed by atoms with E-state index in [2.05, 4.69) is 24.9 Å². The number of nitrogens with zero attached hydrogens (tertiary/aromatic N) is 1. The van der Waals surface area contributed by atoms with Crippen LogP contribution in [0, 0.1) is 12.8 Å². The van der Waals surface area contributed by atoms with E-state index in [1.54, 1.807) is 0 Å². The van der Waals surface area contributed by atoms with Gasteiger partial charge in [-0.1, -0.05) is 6.92 Å². The molecular formula is C10H14N2. The molecule has 0 radical (unpaired) electrons. The maximum absolute atomic E-state index is 6.12. The Morgan fingerprint density at radius 1 is 1.67 bits per heavy atom. The van der Waals surface area contributed by atoms with Gasteiger partial charge < -0.3 is 5.73 Å². The number of aromatic nitrogens is 1. The fourth-order valence-electron chi connectivity index (χ4n) is 1.60. The lowest BCUT2D eigenvalue weighted by atomic mass is 10.1. The van der Waals surface area contributed by atoms with E-state index in [0.29, 0.717) is 5.92 Å². The fraction of sp³-hybridized carbons (Fsp3) is 0.500. The molecule has 12 heavy (non-hydrogen) atoms. The first-order chi connectivity index (χ1) is 5.63. The van der Waals surface area contributed by atoms with Crippen molar-refractivity contribution in [2.45, 2.75) is 25.8 Å². The van der Waals surface area contributed by atoms with Crippen LogP contribution in [0.25, 0.3) is 0 Å². The summed E-state index contributed by atoms with van der Waals surface area (Å²) in [6, 6.07) is 4.09. The molecule has 0 aromatic carbocycles. The Hall–Kier alpha value is -0.890. The van der Waals surface area contributed by atoms with Gasteiger partial charge in [-0.2, -0.15) is 0 Å². The quantitative estimate of drug-likeness (QED) is 0.681. The molecule has 2 heteroatoms. The van der Waals surface area contributed by atoms with E-state index in [-0.39, 0.29) is 5.54 Å². The smallest absolute Gasteiger partial charge is 0.0613 e. The minimum atomic E-state index is -0.119. The summed E-state index contributed by atoms with van der Waals surface area (Å²) >= 11 is 0. The van der Waals surface area contributed by atoms with E-state index in [9.17, 15) is 0 Å². The van der Waals surface area contributed by atoms with Crippen molar-refractivity contribution in [1.29, 1.82) is 0 Å². The zero-order chi connectivity index (χ0) is 8.77. The molecule has 0 aliphatic heterocycles. The average molecular weight is 162 g/mol. The van der Waals surface area contributed by atoms with Gasteiger partial charge in [-0.25, -0.2) is 0 Å². The summed E-state index contributed by atoms with van der Waals surface area (Å²) in [5.74, 6) is 0.590. The van der Waals surface area contributed by atoms with Gasteiger partial charge >= 0.3 is 0 Å². The minimum Gasteiger partial charge on any atom is -0.320 e. The topological polar surface area (TPSA) is 38.9 Å². The average Bonchev–Trinajstić information content (AvgIpc) is 2.61. The number of hydrogen-bond acceptors (Lipinski definition) is 2. The zero-order valence-electron chi connectivity index (χ0n) is 7.54. The molecule has 0 saturated heterocycles. The molecule has 1 aromatic rings. The van der Waals surface area contributed by atoms with E-state index >= 15 is 0 Å². The summed E-state index contributed by atoms with van der Waals surface area (Å²) in [7, 11) is 0. The standard InChI is InChI=1S/C10H14N2/c1-7-3-4-12-9(5-7)10(11)6-8(10)2/h3-5,8H,6,11H2,1-2H3. The van der Waals surface area contributed by atoms with Crippen molar-refractivity contribution in [3.63, 3.8) is 0 Å². The van der Waals surface area contributed by atoms with Gasteiger partial charge in [0.2, 0.25) is 0 Å². The van der Waals surface area contributed by atoms with Gasteiger partial charge in [0, 0.05) is 6.20 Å². The predicted octanol–water partition coefficient (Wildman–Crippen LogP) is 1.58. The summed E-state index contributed by atoms with van der Waals surface area (Å²) in [5.41, 5.74) is 8.29. The van der Waals surface area contributed by atoms with Crippen molar-refractivity contribution in [2.75, 3.05) is 0 Å². The summed E-state index contributed by atoms with van der Waals surface area (Å²) in [4.78, 5) is 4.30. The first-order valence-electron chi connectivity index (χ1n) is 4.35. The summed E-state index contributed by atoms with van der Waals surface area (Å²) in [6.07, 6.45) is 2.91. The van der Waals surface area contributed by atoms with Gasteiger partial charge in [0.25, 0.3) is 0 Å². The third-order valence-electron chi connectivity index (χ3n) is 2.76. The molecule has 2 nitrogen and oxygen atoms in total. The van der Waals surface area contributed by atoms with Crippen molar-refractivity contribution in [3.8, 4) is 0 Å². The molecule has 2 rings (SSSR count). The molecule has 1 heterocycles.